The van der Waals surface area contributed by atoms with Gasteiger partial charge in [-0.1, -0.05) is 11.6 Å². The zero-order valence-electron chi connectivity index (χ0n) is 8.44. The Morgan fingerprint density at radius 3 is 2.87 bits per heavy atom. The standard InChI is InChI=1S/C11H12ClN3/c1-15-10(4-5-14-15)7-8-6-9(12)2-3-11(8)13/h2-6H,7,13H2,1H3. The van der Waals surface area contributed by atoms with Gasteiger partial charge < -0.3 is 5.73 Å². The fourth-order valence-corrected chi connectivity index (χ4v) is 1.69. The van der Waals surface area contributed by atoms with Gasteiger partial charge in [0.1, 0.15) is 0 Å². The minimum absolute atomic E-state index is 0.710. The van der Waals surface area contributed by atoms with Gasteiger partial charge in [-0.25, -0.2) is 0 Å². The van der Waals surface area contributed by atoms with E-state index in [9.17, 15) is 0 Å². The number of hydrogen-bond donors (Lipinski definition) is 1. The Balaban J connectivity index is 2.32. The van der Waals surface area contributed by atoms with Gasteiger partial charge >= 0.3 is 0 Å². The van der Waals surface area contributed by atoms with Crippen molar-refractivity contribution in [2.75, 3.05) is 5.73 Å². The zero-order chi connectivity index (χ0) is 10.8. The molecule has 0 saturated carbocycles. The summed E-state index contributed by atoms with van der Waals surface area (Å²) in [5.41, 5.74) is 8.78. The first-order valence-corrected chi connectivity index (χ1v) is 5.05. The van der Waals surface area contributed by atoms with Crippen molar-refractivity contribution in [3.05, 3.63) is 46.7 Å². The third-order valence-electron chi connectivity index (χ3n) is 2.40. The Hall–Kier alpha value is -1.48. The molecule has 0 aliphatic heterocycles. The minimum Gasteiger partial charge on any atom is -0.398 e. The van der Waals surface area contributed by atoms with Gasteiger partial charge in [0.2, 0.25) is 0 Å². The molecule has 4 heteroatoms. The normalized spacial score (nSPS) is 10.5. The van der Waals surface area contributed by atoms with Crippen molar-refractivity contribution < 1.29 is 0 Å². The molecule has 3 nitrogen and oxygen atoms in total. The summed E-state index contributed by atoms with van der Waals surface area (Å²) in [4.78, 5) is 0. The number of benzene rings is 1. The second kappa shape index (κ2) is 3.95. The lowest BCUT2D eigenvalue weighted by molar-refractivity contribution is 0.724. The fraction of sp³-hybridized carbons (Fsp3) is 0.182. The number of nitrogens with two attached hydrogens (primary N) is 1. The third kappa shape index (κ3) is 2.13. The van der Waals surface area contributed by atoms with Crippen molar-refractivity contribution in [2.24, 2.45) is 7.05 Å². The van der Waals surface area contributed by atoms with Crippen LogP contribution in [0.25, 0.3) is 0 Å². The quantitative estimate of drug-likeness (QED) is 0.791. The van der Waals surface area contributed by atoms with E-state index in [0.717, 1.165) is 23.4 Å². The SMILES string of the molecule is Cn1nccc1Cc1cc(Cl)ccc1N. The van der Waals surface area contributed by atoms with Crippen molar-refractivity contribution in [1.82, 2.24) is 9.78 Å². The van der Waals surface area contributed by atoms with Crippen LogP contribution in [0, 0.1) is 0 Å². The van der Waals surface area contributed by atoms with Crippen LogP contribution in [0.3, 0.4) is 0 Å². The summed E-state index contributed by atoms with van der Waals surface area (Å²) in [6, 6.07) is 7.49. The van der Waals surface area contributed by atoms with Crippen molar-refractivity contribution in [3.8, 4) is 0 Å². The zero-order valence-corrected chi connectivity index (χ0v) is 9.20. The van der Waals surface area contributed by atoms with Crippen LogP contribution in [0.2, 0.25) is 5.02 Å². The van der Waals surface area contributed by atoms with E-state index >= 15 is 0 Å². The Bertz CT molecular complexity index is 476. The third-order valence-corrected chi connectivity index (χ3v) is 2.63. The highest BCUT2D eigenvalue weighted by Crippen LogP contribution is 2.20. The monoisotopic (exact) mass is 221 g/mol. The molecule has 2 aromatic rings. The number of aromatic nitrogens is 2. The Morgan fingerprint density at radius 1 is 1.40 bits per heavy atom. The van der Waals surface area contributed by atoms with Crippen molar-refractivity contribution in [3.63, 3.8) is 0 Å². The molecule has 0 aliphatic carbocycles. The van der Waals surface area contributed by atoms with Crippen LogP contribution in [0.4, 0.5) is 5.69 Å². The summed E-state index contributed by atoms with van der Waals surface area (Å²) in [5.74, 6) is 0. The molecule has 1 aromatic heterocycles. The van der Waals surface area contributed by atoms with E-state index in [-0.39, 0.29) is 0 Å². The molecular formula is C11H12ClN3. The average molecular weight is 222 g/mol. The van der Waals surface area contributed by atoms with E-state index in [2.05, 4.69) is 5.10 Å². The first-order chi connectivity index (χ1) is 7.16. The van der Waals surface area contributed by atoms with E-state index in [4.69, 9.17) is 17.3 Å². The lowest BCUT2D eigenvalue weighted by Gasteiger charge is -2.06. The van der Waals surface area contributed by atoms with Gasteiger partial charge in [-0.3, -0.25) is 4.68 Å². The summed E-state index contributed by atoms with van der Waals surface area (Å²) in [6.45, 7) is 0. The second-order valence-corrected chi connectivity index (χ2v) is 3.90. The average Bonchev–Trinajstić information content (AvgIpc) is 2.58. The molecule has 0 spiro atoms. The summed E-state index contributed by atoms with van der Waals surface area (Å²) >= 11 is 5.92. The summed E-state index contributed by atoms with van der Waals surface area (Å²) in [7, 11) is 1.91. The van der Waals surface area contributed by atoms with E-state index in [1.807, 2.05) is 29.9 Å². The van der Waals surface area contributed by atoms with Crippen LogP contribution < -0.4 is 5.73 Å². The fourth-order valence-electron chi connectivity index (χ4n) is 1.50. The topological polar surface area (TPSA) is 43.8 Å². The molecule has 0 aliphatic rings. The molecule has 2 N–H and O–H groups in total. The maximum atomic E-state index is 5.92. The molecule has 0 radical (unpaired) electrons. The molecule has 1 aromatic carbocycles. The molecule has 0 unspecified atom stereocenters. The molecule has 0 bridgehead atoms. The molecule has 78 valence electrons. The van der Waals surface area contributed by atoms with Crippen LogP contribution in [0.15, 0.2) is 30.5 Å². The molecular weight excluding hydrogens is 210 g/mol. The Morgan fingerprint density at radius 2 is 2.20 bits per heavy atom. The number of hydrogen-bond acceptors (Lipinski definition) is 2. The van der Waals surface area contributed by atoms with Crippen molar-refractivity contribution in [2.45, 2.75) is 6.42 Å². The van der Waals surface area contributed by atoms with E-state index < -0.39 is 0 Å². The number of nitrogens with zero attached hydrogens (tertiary/aromatic N) is 2. The maximum absolute atomic E-state index is 5.92. The number of anilines is 1. The lowest BCUT2D eigenvalue weighted by atomic mass is 10.1. The first kappa shape index (κ1) is 10.1. The molecule has 1 heterocycles. The molecule has 0 atom stereocenters. The highest BCUT2D eigenvalue weighted by Gasteiger charge is 2.04. The number of nitrogen functional groups attached to an aromatic ring is 1. The number of halogens is 1. The Kier molecular flexibility index (Phi) is 2.64. The number of rotatable bonds is 2. The van der Waals surface area contributed by atoms with Gasteiger partial charge in [-0.15, -0.1) is 0 Å². The first-order valence-electron chi connectivity index (χ1n) is 4.67. The van der Waals surface area contributed by atoms with Crippen molar-refractivity contribution >= 4 is 17.3 Å². The van der Waals surface area contributed by atoms with Crippen LogP contribution in [0.5, 0.6) is 0 Å². The van der Waals surface area contributed by atoms with Crippen LogP contribution in [-0.4, -0.2) is 9.78 Å². The smallest absolute Gasteiger partial charge is 0.0492 e. The van der Waals surface area contributed by atoms with Gasteiger partial charge in [0, 0.05) is 36.1 Å². The molecule has 15 heavy (non-hydrogen) atoms. The predicted octanol–water partition coefficient (Wildman–Crippen LogP) is 2.25. The minimum atomic E-state index is 0.710. The van der Waals surface area contributed by atoms with Gasteiger partial charge in [-0.05, 0) is 29.8 Å². The molecule has 0 amide bonds. The van der Waals surface area contributed by atoms with Crippen molar-refractivity contribution in [1.29, 1.82) is 0 Å². The summed E-state index contributed by atoms with van der Waals surface area (Å²) in [5, 5.41) is 4.82. The second-order valence-electron chi connectivity index (χ2n) is 3.47. The summed E-state index contributed by atoms with van der Waals surface area (Å²) < 4.78 is 1.83. The summed E-state index contributed by atoms with van der Waals surface area (Å²) in [6.07, 6.45) is 2.53. The molecule has 0 saturated heterocycles. The van der Waals surface area contributed by atoms with Crippen LogP contribution in [-0.2, 0) is 13.5 Å². The van der Waals surface area contributed by atoms with Crippen LogP contribution >= 0.6 is 11.6 Å². The van der Waals surface area contributed by atoms with E-state index in [1.165, 1.54) is 0 Å². The van der Waals surface area contributed by atoms with Crippen LogP contribution in [0.1, 0.15) is 11.3 Å². The lowest BCUT2D eigenvalue weighted by Crippen LogP contribution is -2.01. The number of aryl methyl sites for hydroxylation is 1. The Labute approximate surface area is 93.5 Å². The predicted molar refractivity (Wildman–Crippen MR) is 61.9 cm³/mol. The van der Waals surface area contributed by atoms with E-state index in [1.54, 1.807) is 12.3 Å². The van der Waals surface area contributed by atoms with Gasteiger partial charge in [0.05, 0.1) is 0 Å². The highest BCUT2D eigenvalue weighted by molar-refractivity contribution is 6.30. The highest BCUT2D eigenvalue weighted by atomic mass is 35.5. The molecule has 0 fully saturated rings. The van der Waals surface area contributed by atoms with Gasteiger partial charge in [-0.2, -0.15) is 5.10 Å². The largest absolute Gasteiger partial charge is 0.398 e. The van der Waals surface area contributed by atoms with Gasteiger partial charge in [0.15, 0.2) is 0 Å². The van der Waals surface area contributed by atoms with E-state index in [0.29, 0.717) is 5.02 Å². The maximum Gasteiger partial charge on any atom is 0.0492 e. The van der Waals surface area contributed by atoms with Gasteiger partial charge in [0.25, 0.3) is 0 Å². The molecule has 2 rings (SSSR count).